The third-order valence-electron chi connectivity index (χ3n) is 3.87. The first-order chi connectivity index (χ1) is 8.19. The minimum atomic E-state index is 0.190. The quantitative estimate of drug-likeness (QED) is 0.863. The number of nitrogens with one attached hydrogen (secondary N) is 1. The standard InChI is InChI=1S/C12H15BrN2OS/c13-10-5-9(6-17-10)11(16)15-4-2-12(8-15)1-3-14-7-12/h5-6,14H,1-4,7-8H2. The summed E-state index contributed by atoms with van der Waals surface area (Å²) < 4.78 is 1.03. The number of hydrogen-bond acceptors (Lipinski definition) is 3. The summed E-state index contributed by atoms with van der Waals surface area (Å²) in [4.78, 5) is 14.3. The largest absolute Gasteiger partial charge is 0.338 e. The van der Waals surface area contributed by atoms with Gasteiger partial charge in [0, 0.05) is 30.4 Å². The summed E-state index contributed by atoms with van der Waals surface area (Å²) in [6.45, 7) is 4.01. The van der Waals surface area contributed by atoms with E-state index in [0.29, 0.717) is 5.41 Å². The van der Waals surface area contributed by atoms with Crippen LogP contribution in [0.2, 0.25) is 0 Å². The second-order valence-electron chi connectivity index (χ2n) is 5.04. The molecule has 3 rings (SSSR count). The SMILES string of the molecule is O=C(c1csc(Br)c1)N1CCC2(CCNC2)C1. The van der Waals surface area contributed by atoms with Gasteiger partial charge in [0.05, 0.1) is 9.35 Å². The number of carbonyl (C=O) groups excluding carboxylic acids is 1. The summed E-state index contributed by atoms with van der Waals surface area (Å²) >= 11 is 4.98. The predicted molar refractivity (Wildman–Crippen MR) is 72.5 cm³/mol. The molecular weight excluding hydrogens is 300 g/mol. The minimum absolute atomic E-state index is 0.190. The van der Waals surface area contributed by atoms with Gasteiger partial charge in [0.25, 0.3) is 5.91 Å². The zero-order valence-corrected chi connectivity index (χ0v) is 11.9. The fourth-order valence-corrected chi connectivity index (χ4v) is 3.99. The Labute approximate surface area is 113 Å². The van der Waals surface area contributed by atoms with Crippen LogP contribution >= 0.6 is 27.3 Å². The minimum Gasteiger partial charge on any atom is -0.338 e. The zero-order valence-electron chi connectivity index (χ0n) is 9.54. The molecule has 0 aliphatic carbocycles. The number of thiophene rings is 1. The van der Waals surface area contributed by atoms with E-state index in [1.54, 1.807) is 11.3 Å². The van der Waals surface area contributed by atoms with Gasteiger partial charge in [-0.3, -0.25) is 4.79 Å². The summed E-state index contributed by atoms with van der Waals surface area (Å²) in [7, 11) is 0. The fraction of sp³-hybridized carbons (Fsp3) is 0.583. The van der Waals surface area contributed by atoms with E-state index in [4.69, 9.17) is 0 Å². The third kappa shape index (κ3) is 2.16. The van der Waals surface area contributed by atoms with Gasteiger partial charge >= 0.3 is 0 Å². The van der Waals surface area contributed by atoms with E-state index < -0.39 is 0 Å². The molecule has 0 bridgehead atoms. The maximum absolute atomic E-state index is 12.3. The average molecular weight is 315 g/mol. The topological polar surface area (TPSA) is 32.3 Å². The Morgan fingerprint density at radius 2 is 2.41 bits per heavy atom. The highest BCUT2D eigenvalue weighted by molar-refractivity contribution is 9.11. The molecule has 2 saturated heterocycles. The van der Waals surface area contributed by atoms with E-state index in [2.05, 4.69) is 21.2 Å². The first-order valence-electron chi connectivity index (χ1n) is 5.93. The van der Waals surface area contributed by atoms with E-state index in [9.17, 15) is 4.79 Å². The normalized spacial score (nSPS) is 28.2. The predicted octanol–water partition coefficient (Wildman–Crippen LogP) is 2.34. The van der Waals surface area contributed by atoms with Crippen molar-refractivity contribution in [3.8, 4) is 0 Å². The first kappa shape index (κ1) is 11.7. The molecule has 0 saturated carbocycles. The summed E-state index contributed by atoms with van der Waals surface area (Å²) in [5, 5.41) is 5.35. The average Bonchev–Trinajstić information content (AvgIpc) is 3.02. The van der Waals surface area contributed by atoms with Gasteiger partial charge in [0.1, 0.15) is 0 Å². The maximum Gasteiger partial charge on any atom is 0.254 e. The molecule has 1 aromatic rings. The molecular formula is C12H15BrN2OS. The van der Waals surface area contributed by atoms with Gasteiger partial charge in [-0.15, -0.1) is 11.3 Å². The van der Waals surface area contributed by atoms with Gasteiger partial charge in [0.15, 0.2) is 0 Å². The van der Waals surface area contributed by atoms with Gasteiger partial charge < -0.3 is 10.2 Å². The number of likely N-dealkylation sites (tertiary alicyclic amines) is 1. The molecule has 1 spiro atoms. The molecule has 1 atom stereocenters. The zero-order chi connectivity index (χ0) is 11.9. The molecule has 2 fully saturated rings. The van der Waals surface area contributed by atoms with Crippen LogP contribution < -0.4 is 5.32 Å². The number of amides is 1. The van der Waals surface area contributed by atoms with Crippen molar-refractivity contribution in [1.82, 2.24) is 10.2 Å². The van der Waals surface area contributed by atoms with Crippen LogP contribution in [-0.4, -0.2) is 37.0 Å². The summed E-state index contributed by atoms with van der Waals surface area (Å²) in [5.74, 6) is 0.190. The summed E-state index contributed by atoms with van der Waals surface area (Å²) in [6, 6.07) is 1.92. The van der Waals surface area contributed by atoms with Gasteiger partial charge in [-0.2, -0.15) is 0 Å². The van der Waals surface area contributed by atoms with E-state index >= 15 is 0 Å². The Morgan fingerprint density at radius 1 is 1.53 bits per heavy atom. The van der Waals surface area contributed by atoms with Crippen molar-refractivity contribution < 1.29 is 4.79 Å². The summed E-state index contributed by atoms with van der Waals surface area (Å²) in [6.07, 6.45) is 2.36. The molecule has 1 unspecified atom stereocenters. The lowest BCUT2D eigenvalue weighted by Gasteiger charge is -2.22. The fourth-order valence-electron chi connectivity index (χ4n) is 2.86. The monoisotopic (exact) mass is 314 g/mol. The van der Waals surface area contributed by atoms with Crippen LogP contribution in [0.4, 0.5) is 0 Å². The van der Waals surface area contributed by atoms with Crippen LogP contribution in [0.25, 0.3) is 0 Å². The number of nitrogens with zero attached hydrogens (tertiary/aromatic N) is 1. The van der Waals surface area contributed by atoms with Crippen molar-refractivity contribution >= 4 is 33.2 Å². The van der Waals surface area contributed by atoms with E-state index in [0.717, 1.165) is 41.9 Å². The Kier molecular flexibility index (Phi) is 3.00. The van der Waals surface area contributed by atoms with Crippen LogP contribution in [0, 0.1) is 5.41 Å². The van der Waals surface area contributed by atoms with Crippen LogP contribution in [0.1, 0.15) is 23.2 Å². The van der Waals surface area contributed by atoms with Crippen molar-refractivity contribution in [3.05, 3.63) is 20.8 Å². The highest BCUT2D eigenvalue weighted by atomic mass is 79.9. The molecule has 1 N–H and O–H groups in total. The lowest BCUT2D eigenvalue weighted by Crippen LogP contribution is -2.33. The molecule has 17 heavy (non-hydrogen) atoms. The maximum atomic E-state index is 12.3. The Hall–Kier alpha value is -0.390. The lowest BCUT2D eigenvalue weighted by atomic mass is 9.86. The first-order valence-corrected chi connectivity index (χ1v) is 7.60. The molecule has 2 aliphatic rings. The summed E-state index contributed by atoms with van der Waals surface area (Å²) in [5.41, 5.74) is 1.19. The van der Waals surface area contributed by atoms with Crippen molar-refractivity contribution in [2.24, 2.45) is 5.41 Å². The number of hydrogen-bond donors (Lipinski definition) is 1. The second-order valence-corrected chi connectivity index (χ2v) is 7.33. The molecule has 0 radical (unpaired) electrons. The molecule has 3 nitrogen and oxygen atoms in total. The van der Waals surface area contributed by atoms with Crippen molar-refractivity contribution in [3.63, 3.8) is 0 Å². The second kappa shape index (κ2) is 4.37. The smallest absolute Gasteiger partial charge is 0.254 e. The Balaban J connectivity index is 1.72. The molecule has 2 aliphatic heterocycles. The highest BCUT2D eigenvalue weighted by Crippen LogP contribution is 2.36. The molecule has 92 valence electrons. The van der Waals surface area contributed by atoms with E-state index in [1.165, 1.54) is 6.42 Å². The van der Waals surface area contributed by atoms with Crippen LogP contribution in [-0.2, 0) is 0 Å². The lowest BCUT2D eigenvalue weighted by molar-refractivity contribution is 0.0776. The van der Waals surface area contributed by atoms with Gasteiger partial charge in [-0.25, -0.2) is 0 Å². The molecule has 0 aromatic carbocycles. The highest BCUT2D eigenvalue weighted by Gasteiger charge is 2.41. The van der Waals surface area contributed by atoms with Crippen molar-refractivity contribution in [1.29, 1.82) is 0 Å². The van der Waals surface area contributed by atoms with Gasteiger partial charge in [-0.1, -0.05) is 0 Å². The van der Waals surface area contributed by atoms with Crippen molar-refractivity contribution in [2.75, 3.05) is 26.2 Å². The van der Waals surface area contributed by atoms with Crippen LogP contribution in [0.15, 0.2) is 15.2 Å². The van der Waals surface area contributed by atoms with Crippen LogP contribution in [0.5, 0.6) is 0 Å². The van der Waals surface area contributed by atoms with Gasteiger partial charge in [0.2, 0.25) is 0 Å². The molecule has 1 amide bonds. The van der Waals surface area contributed by atoms with Gasteiger partial charge in [-0.05, 0) is 41.4 Å². The molecule has 3 heterocycles. The third-order valence-corrected chi connectivity index (χ3v) is 5.38. The molecule has 1 aromatic heterocycles. The number of halogens is 1. The van der Waals surface area contributed by atoms with E-state index in [1.807, 2.05) is 16.3 Å². The number of rotatable bonds is 1. The van der Waals surface area contributed by atoms with E-state index in [-0.39, 0.29) is 5.91 Å². The Bertz CT molecular complexity index is 439. The Morgan fingerprint density at radius 3 is 3.06 bits per heavy atom. The van der Waals surface area contributed by atoms with Crippen molar-refractivity contribution in [2.45, 2.75) is 12.8 Å². The number of carbonyl (C=O) groups is 1. The van der Waals surface area contributed by atoms with Crippen LogP contribution in [0.3, 0.4) is 0 Å². The molecule has 5 heteroatoms.